The molecule has 0 aromatic rings. The van der Waals surface area contributed by atoms with Crippen molar-refractivity contribution in [3.63, 3.8) is 0 Å². The summed E-state index contributed by atoms with van der Waals surface area (Å²) in [5.74, 6) is 0. The van der Waals surface area contributed by atoms with Crippen LogP contribution in [0.4, 0.5) is 0 Å². The molecule has 0 aromatic carbocycles. The van der Waals surface area contributed by atoms with Crippen LogP contribution in [0, 0.1) is 0 Å². The maximum atomic E-state index is 8.61. The Hall–Kier alpha value is -0.0317. The molecule has 0 rings (SSSR count). The van der Waals surface area contributed by atoms with Gasteiger partial charge in [-0.25, -0.2) is 0 Å². The van der Waals surface area contributed by atoms with Crippen molar-refractivity contribution < 1.29 is 43.8 Å². The number of rotatable bonds is 0. The molecule has 0 aliphatic carbocycles. The Morgan fingerprint density at radius 2 is 0.714 bits per heavy atom. The molecule has 0 bridgehead atoms. The molecule has 0 aliphatic heterocycles. The molecule has 0 aliphatic rings. The van der Waals surface area contributed by atoms with Crippen LogP contribution < -0.4 is 0 Å². The van der Waals surface area contributed by atoms with E-state index in [2.05, 4.69) is 0 Å². The SMILES string of the molecule is O.O.O.[O]=[W](=[O])=[O]. The average molecular weight is 286 g/mol. The second kappa shape index (κ2) is 16.7. The van der Waals surface area contributed by atoms with E-state index in [-0.39, 0.29) is 16.4 Å². The molecule has 0 radical (unpaired) electrons. The summed E-state index contributed by atoms with van der Waals surface area (Å²) in [4.78, 5) is 0. The zero-order chi connectivity index (χ0) is 3.58. The van der Waals surface area contributed by atoms with Crippen LogP contribution in [-0.4, -0.2) is 16.4 Å². The Morgan fingerprint density at radius 1 is 0.714 bits per heavy atom. The van der Waals surface area contributed by atoms with Crippen LogP contribution in [0.5, 0.6) is 0 Å². The molecule has 6 N–H and O–H groups in total. The summed E-state index contributed by atoms with van der Waals surface area (Å²) in [5, 5.41) is 0. The minimum absolute atomic E-state index is 0. The predicted molar refractivity (Wildman–Crippen MR) is 12.9 cm³/mol. The van der Waals surface area contributed by atoms with Crippen LogP contribution in [0.25, 0.3) is 0 Å². The Morgan fingerprint density at radius 3 is 0.714 bits per heavy atom. The van der Waals surface area contributed by atoms with Gasteiger partial charge in [0.15, 0.2) is 0 Å². The van der Waals surface area contributed by atoms with E-state index in [1.54, 1.807) is 0 Å². The summed E-state index contributed by atoms with van der Waals surface area (Å²) in [6.07, 6.45) is 0. The third-order valence-corrected chi connectivity index (χ3v) is 0. The van der Waals surface area contributed by atoms with Gasteiger partial charge in [-0.15, -0.1) is 0 Å². The fraction of sp³-hybridized carbons (Fsp3) is 0. The Bertz CT molecular complexity index is 73.6. The van der Waals surface area contributed by atoms with Crippen molar-refractivity contribution in [1.29, 1.82) is 0 Å². The third-order valence-electron chi connectivity index (χ3n) is 0. The first kappa shape index (κ1) is 28.2. The topological polar surface area (TPSA) is 146 Å². The molecule has 0 spiro atoms. The summed E-state index contributed by atoms with van der Waals surface area (Å²) < 4.78 is 25.8. The molecular formula is H6O6W. The molecule has 48 valence electrons. The second-order valence-corrected chi connectivity index (χ2v) is 1.67. The number of hydrogen-bond acceptors (Lipinski definition) is 3. The van der Waals surface area contributed by atoms with Crippen LogP contribution in [0.15, 0.2) is 0 Å². The molecule has 0 unspecified atom stereocenters. The zero-order valence-electron chi connectivity index (χ0n) is 3.13. The Kier molecular flexibility index (Phi) is 67.3. The third kappa shape index (κ3) is 93600. The molecule has 7 heavy (non-hydrogen) atoms. The van der Waals surface area contributed by atoms with Crippen LogP contribution in [0.1, 0.15) is 0 Å². The van der Waals surface area contributed by atoms with Gasteiger partial charge in [-0.1, -0.05) is 0 Å². The van der Waals surface area contributed by atoms with Crippen molar-refractivity contribution in [1.82, 2.24) is 0 Å². The van der Waals surface area contributed by atoms with Gasteiger partial charge in [-0.2, -0.15) is 0 Å². The van der Waals surface area contributed by atoms with E-state index in [1.165, 1.54) is 0 Å². The van der Waals surface area contributed by atoms with Crippen molar-refractivity contribution >= 4 is 0 Å². The number of hydrogen-bond donors (Lipinski definition) is 0. The van der Waals surface area contributed by atoms with E-state index in [1.807, 2.05) is 0 Å². The summed E-state index contributed by atoms with van der Waals surface area (Å²) in [6, 6.07) is 0. The van der Waals surface area contributed by atoms with E-state index in [9.17, 15) is 0 Å². The van der Waals surface area contributed by atoms with E-state index in [0.717, 1.165) is 0 Å². The molecular weight excluding hydrogens is 280 g/mol. The van der Waals surface area contributed by atoms with E-state index >= 15 is 0 Å². The maximum absolute atomic E-state index is 8.61. The fourth-order valence-corrected chi connectivity index (χ4v) is 0. The molecule has 7 heteroatoms. The summed E-state index contributed by atoms with van der Waals surface area (Å²) in [6.45, 7) is 0. The molecule has 0 saturated heterocycles. The quantitative estimate of drug-likeness (QED) is 0.472. The van der Waals surface area contributed by atoms with Crippen LogP contribution in [0.2, 0.25) is 0 Å². The van der Waals surface area contributed by atoms with E-state index in [0.29, 0.717) is 0 Å². The monoisotopic (exact) mass is 286 g/mol. The van der Waals surface area contributed by atoms with Gasteiger partial charge in [0.25, 0.3) is 0 Å². The van der Waals surface area contributed by atoms with Crippen molar-refractivity contribution in [2.45, 2.75) is 0 Å². The average Bonchev–Trinajstić information content (AvgIpc) is 0.811. The van der Waals surface area contributed by atoms with Gasteiger partial charge in [0, 0.05) is 0 Å². The van der Waals surface area contributed by atoms with Gasteiger partial charge in [0.05, 0.1) is 0 Å². The molecule has 0 atom stereocenters. The molecule has 0 aromatic heterocycles. The van der Waals surface area contributed by atoms with Gasteiger partial charge >= 0.3 is 27.4 Å². The second-order valence-electron chi connectivity index (χ2n) is 0.204. The van der Waals surface area contributed by atoms with Crippen molar-refractivity contribution in [3.05, 3.63) is 0 Å². The molecule has 0 saturated carbocycles. The van der Waals surface area contributed by atoms with E-state index < -0.39 is 17.2 Å². The van der Waals surface area contributed by atoms with Crippen LogP contribution >= 0.6 is 0 Å². The first-order chi connectivity index (χ1) is 1.73. The predicted octanol–water partition coefficient (Wildman–Crippen LogP) is -2.83. The van der Waals surface area contributed by atoms with Gasteiger partial charge < -0.3 is 16.4 Å². The molecule has 0 heterocycles. The van der Waals surface area contributed by atoms with Crippen molar-refractivity contribution in [2.75, 3.05) is 0 Å². The summed E-state index contributed by atoms with van der Waals surface area (Å²) in [5.41, 5.74) is 0. The molecule has 0 fully saturated rings. The Balaban J connectivity index is -0.0000000150. The summed E-state index contributed by atoms with van der Waals surface area (Å²) in [7, 11) is 0. The standard InChI is InChI=1S/3H2O.3O.W/h3*1H2;;;;. The van der Waals surface area contributed by atoms with Gasteiger partial charge in [0.1, 0.15) is 0 Å². The van der Waals surface area contributed by atoms with Crippen LogP contribution in [0.3, 0.4) is 0 Å². The fourth-order valence-electron chi connectivity index (χ4n) is 0. The van der Waals surface area contributed by atoms with Crippen molar-refractivity contribution in [2.24, 2.45) is 0 Å². The van der Waals surface area contributed by atoms with E-state index in [4.69, 9.17) is 10.2 Å². The Labute approximate surface area is 44.5 Å². The van der Waals surface area contributed by atoms with Crippen LogP contribution in [-0.2, 0) is 27.4 Å². The minimum atomic E-state index is -4.28. The van der Waals surface area contributed by atoms with Crippen molar-refractivity contribution in [3.8, 4) is 0 Å². The van der Waals surface area contributed by atoms with Gasteiger partial charge in [-0.3, -0.25) is 0 Å². The first-order valence-corrected chi connectivity index (χ1v) is 4.09. The molecule has 0 amide bonds. The normalized spacial score (nSPS) is 3.43. The van der Waals surface area contributed by atoms with Gasteiger partial charge in [0.2, 0.25) is 0 Å². The summed E-state index contributed by atoms with van der Waals surface area (Å²) >= 11 is -4.28. The zero-order valence-corrected chi connectivity index (χ0v) is 6.07. The van der Waals surface area contributed by atoms with Gasteiger partial charge in [-0.05, 0) is 0 Å². The first-order valence-electron chi connectivity index (χ1n) is 0.500. The molecule has 6 nitrogen and oxygen atoms in total.